The summed E-state index contributed by atoms with van der Waals surface area (Å²) in [6.07, 6.45) is 9.01. The van der Waals surface area contributed by atoms with E-state index in [-0.39, 0.29) is 11.2 Å². The highest BCUT2D eigenvalue weighted by Gasteiger charge is 2.42. The third-order valence-corrected chi connectivity index (χ3v) is 4.19. The molecule has 0 aromatic carbocycles. The molecule has 0 bridgehead atoms. The van der Waals surface area contributed by atoms with Gasteiger partial charge in [-0.3, -0.25) is 4.79 Å². The van der Waals surface area contributed by atoms with Crippen molar-refractivity contribution in [2.24, 2.45) is 0 Å². The maximum absolute atomic E-state index is 12.4. The number of halogens is 1. The van der Waals surface area contributed by atoms with Crippen molar-refractivity contribution in [3.8, 4) is 0 Å². The number of rotatable bonds is 0. The van der Waals surface area contributed by atoms with E-state index in [9.17, 15) is 4.79 Å². The number of fused-ring (bicyclic) bond motifs is 1. The highest BCUT2D eigenvalue weighted by atomic mass is 35.5. The molecule has 1 fully saturated rings. The maximum atomic E-state index is 12.4. The van der Waals surface area contributed by atoms with Crippen LogP contribution in [0.25, 0.3) is 0 Å². The smallest absolute Gasteiger partial charge is 0.250 e. The molecule has 6 heteroatoms. The average Bonchev–Trinajstić information content (AvgIpc) is 2.35. The fourth-order valence-corrected chi connectivity index (χ4v) is 3.07. The molecule has 19 heavy (non-hydrogen) atoms. The van der Waals surface area contributed by atoms with Gasteiger partial charge < -0.3 is 10.6 Å². The Hall–Kier alpha value is -1.36. The molecule has 1 spiro atoms. The molecule has 1 amide bonds. The average molecular weight is 281 g/mol. The normalized spacial score (nSPS) is 21.8. The van der Waals surface area contributed by atoms with Crippen molar-refractivity contribution < 1.29 is 4.79 Å². The highest BCUT2D eigenvalue weighted by Crippen LogP contribution is 2.36. The Balaban J connectivity index is 1.92. The first-order valence-corrected chi connectivity index (χ1v) is 7.20. The third kappa shape index (κ3) is 2.39. The number of hydrogen-bond donors (Lipinski definition) is 2. The quantitative estimate of drug-likeness (QED) is 0.717. The van der Waals surface area contributed by atoms with Gasteiger partial charge >= 0.3 is 0 Å². The number of hydrogen-bond acceptors (Lipinski definition) is 4. The molecule has 2 aliphatic rings. The van der Waals surface area contributed by atoms with Crippen molar-refractivity contribution in [1.29, 1.82) is 0 Å². The zero-order chi connectivity index (χ0) is 13.3. The van der Waals surface area contributed by atoms with Gasteiger partial charge in [-0.05, 0) is 24.4 Å². The predicted molar refractivity (Wildman–Crippen MR) is 74.3 cm³/mol. The summed E-state index contributed by atoms with van der Waals surface area (Å²) in [5.41, 5.74) is 0.0903. The van der Waals surface area contributed by atoms with E-state index >= 15 is 0 Å². The molecule has 2 heterocycles. The molecule has 1 aliphatic carbocycles. The van der Waals surface area contributed by atoms with Crippen LogP contribution in [0.1, 0.15) is 44.9 Å². The van der Waals surface area contributed by atoms with Crippen LogP contribution < -0.4 is 10.6 Å². The number of anilines is 2. The fraction of sp³-hybridized carbons (Fsp3) is 0.615. The number of carbonyl (C=O) groups excluding carboxylic acids is 1. The topological polar surface area (TPSA) is 66.9 Å². The maximum Gasteiger partial charge on any atom is 0.250 e. The van der Waals surface area contributed by atoms with Crippen LogP contribution >= 0.6 is 11.6 Å². The van der Waals surface area contributed by atoms with Crippen molar-refractivity contribution in [3.05, 3.63) is 11.5 Å². The second-order valence-electron chi connectivity index (χ2n) is 5.33. The third-order valence-electron chi connectivity index (χ3n) is 4.01. The van der Waals surface area contributed by atoms with Gasteiger partial charge in [0.15, 0.2) is 5.82 Å². The molecule has 1 aromatic heterocycles. The molecule has 0 saturated heterocycles. The molecule has 0 radical (unpaired) electrons. The summed E-state index contributed by atoms with van der Waals surface area (Å²) in [7, 11) is 0. The van der Waals surface area contributed by atoms with Gasteiger partial charge in [0, 0.05) is 0 Å². The van der Waals surface area contributed by atoms with Crippen molar-refractivity contribution in [2.45, 2.75) is 50.5 Å². The van der Waals surface area contributed by atoms with Gasteiger partial charge in [-0.15, -0.1) is 0 Å². The van der Waals surface area contributed by atoms with Gasteiger partial charge in [-0.1, -0.05) is 32.1 Å². The molecular weight excluding hydrogens is 264 g/mol. The van der Waals surface area contributed by atoms with E-state index < -0.39 is 5.54 Å². The van der Waals surface area contributed by atoms with Crippen molar-refractivity contribution >= 4 is 29.0 Å². The molecule has 102 valence electrons. The summed E-state index contributed by atoms with van der Waals surface area (Å²) in [4.78, 5) is 20.5. The van der Waals surface area contributed by atoms with Gasteiger partial charge in [0.1, 0.15) is 11.2 Å². The number of nitrogens with one attached hydrogen (secondary N) is 2. The molecular formula is C13H17ClN4O. The van der Waals surface area contributed by atoms with Gasteiger partial charge in [0.25, 0.3) is 0 Å². The van der Waals surface area contributed by atoms with E-state index in [0.29, 0.717) is 11.5 Å². The van der Waals surface area contributed by atoms with Crippen LogP contribution in [0.5, 0.6) is 0 Å². The summed E-state index contributed by atoms with van der Waals surface area (Å²) in [5.74, 6) is 0.674. The van der Waals surface area contributed by atoms with Crippen molar-refractivity contribution in [3.63, 3.8) is 0 Å². The fourth-order valence-electron chi connectivity index (χ4n) is 2.93. The molecule has 5 nitrogen and oxygen atoms in total. The number of nitrogens with zero attached hydrogens (tertiary/aromatic N) is 2. The summed E-state index contributed by atoms with van der Waals surface area (Å²) in [5, 5.41) is 6.43. The summed E-state index contributed by atoms with van der Waals surface area (Å²) in [6.45, 7) is 0. The lowest BCUT2D eigenvalue weighted by atomic mass is 9.82. The Morgan fingerprint density at radius 1 is 1.16 bits per heavy atom. The van der Waals surface area contributed by atoms with Crippen LogP contribution in [-0.2, 0) is 4.79 Å². The largest absolute Gasteiger partial charge is 0.354 e. The first-order chi connectivity index (χ1) is 9.20. The molecule has 1 aromatic rings. The number of aromatic nitrogens is 2. The Morgan fingerprint density at radius 3 is 2.58 bits per heavy atom. The Morgan fingerprint density at radius 2 is 1.84 bits per heavy atom. The van der Waals surface area contributed by atoms with E-state index in [1.54, 1.807) is 6.20 Å². The van der Waals surface area contributed by atoms with Gasteiger partial charge in [0.05, 0.1) is 6.20 Å². The minimum atomic E-state index is -0.523. The first kappa shape index (κ1) is 12.7. The van der Waals surface area contributed by atoms with Crippen LogP contribution in [0.3, 0.4) is 0 Å². The van der Waals surface area contributed by atoms with Gasteiger partial charge in [-0.2, -0.15) is 4.98 Å². The Kier molecular flexibility index (Phi) is 3.31. The Bertz CT molecular complexity index is 497. The van der Waals surface area contributed by atoms with Crippen LogP contribution in [-0.4, -0.2) is 21.4 Å². The highest BCUT2D eigenvalue weighted by molar-refractivity contribution is 6.28. The first-order valence-electron chi connectivity index (χ1n) is 6.82. The predicted octanol–water partition coefficient (Wildman–Crippen LogP) is 2.98. The molecule has 0 atom stereocenters. The van der Waals surface area contributed by atoms with E-state index in [1.807, 2.05) is 0 Å². The van der Waals surface area contributed by atoms with Crippen LogP contribution in [0, 0.1) is 0 Å². The lowest BCUT2D eigenvalue weighted by molar-refractivity contribution is -0.121. The molecule has 2 N–H and O–H groups in total. The lowest BCUT2D eigenvalue weighted by Crippen LogP contribution is -2.53. The van der Waals surface area contributed by atoms with Gasteiger partial charge in [-0.25, -0.2) is 4.98 Å². The van der Waals surface area contributed by atoms with E-state index in [4.69, 9.17) is 11.6 Å². The second kappa shape index (κ2) is 4.96. The minimum Gasteiger partial charge on any atom is -0.354 e. The SMILES string of the molecule is O=C1Nc2cnc(Cl)nc2NC12CCCCCCC2. The lowest BCUT2D eigenvalue weighted by Gasteiger charge is -2.39. The minimum absolute atomic E-state index is 0.0350. The summed E-state index contributed by atoms with van der Waals surface area (Å²) < 4.78 is 0. The van der Waals surface area contributed by atoms with Crippen LogP contribution in [0.4, 0.5) is 11.5 Å². The zero-order valence-corrected chi connectivity index (χ0v) is 11.5. The van der Waals surface area contributed by atoms with E-state index in [1.165, 1.54) is 19.3 Å². The summed E-state index contributed by atoms with van der Waals surface area (Å²) >= 11 is 5.82. The number of carbonyl (C=O) groups is 1. The van der Waals surface area contributed by atoms with Crippen molar-refractivity contribution in [1.82, 2.24) is 9.97 Å². The van der Waals surface area contributed by atoms with Gasteiger partial charge in [0.2, 0.25) is 11.2 Å². The molecule has 1 saturated carbocycles. The monoisotopic (exact) mass is 280 g/mol. The van der Waals surface area contributed by atoms with Crippen molar-refractivity contribution in [2.75, 3.05) is 10.6 Å². The second-order valence-corrected chi connectivity index (χ2v) is 5.67. The molecule has 1 aliphatic heterocycles. The van der Waals surface area contributed by atoms with E-state index in [0.717, 1.165) is 25.7 Å². The Labute approximate surface area is 117 Å². The summed E-state index contributed by atoms with van der Waals surface area (Å²) in [6, 6.07) is 0. The zero-order valence-electron chi connectivity index (χ0n) is 10.7. The molecule has 0 unspecified atom stereocenters. The van der Waals surface area contributed by atoms with E-state index in [2.05, 4.69) is 20.6 Å². The standard InChI is InChI=1S/C13H17ClN4O/c14-12-15-8-9-10(17-12)18-13(11(19)16-9)6-4-2-1-3-5-7-13/h8H,1-7H2,(H,16,19)(H,15,17,18). The van der Waals surface area contributed by atoms with Crippen LogP contribution in [0.15, 0.2) is 6.20 Å². The van der Waals surface area contributed by atoms with Crippen LogP contribution in [0.2, 0.25) is 5.28 Å². The number of amides is 1. The molecule has 3 rings (SSSR count).